The number of hydrogen-bond donors (Lipinski definition) is 2. The number of nitrogen functional groups attached to an aromatic ring is 1. The van der Waals surface area contributed by atoms with Crippen LogP contribution in [0.25, 0.3) is 0 Å². The third-order valence-corrected chi connectivity index (χ3v) is 2.58. The van der Waals surface area contributed by atoms with Crippen LogP contribution in [0.5, 0.6) is 0 Å². The summed E-state index contributed by atoms with van der Waals surface area (Å²) in [6.45, 7) is 0.248. The number of nitrogens with one attached hydrogen (secondary N) is 1. The maximum Gasteiger partial charge on any atom is 0.255 e. The zero-order valence-electron chi connectivity index (χ0n) is 8.70. The Morgan fingerprint density at radius 2 is 2.38 bits per heavy atom. The van der Waals surface area contributed by atoms with Crippen LogP contribution in [0, 0.1) is 5.82 Å². The van der Waals surface area contributed by atoms with Gasteiger partial charge in [0, 0.05) is 29.4 Å². The number of carbonyl (C=O) groups is 1. The van der Waals surface area contributed by atoms with E-state index in [1.165, 1.54) is 6.26 Å². The fourth-order valence-electron chi connectivity index (χ4n) is 1.04. The highest BCUT2D eigenvalue weighted by atomic mass is 32.2. The molecule has 1 aromatic heterocycles. The third kappa shape index (κ3) is 3.58. The van der Waals surface area contributed by atoms with Crippen LogP contribution in [0.15, 0.2) is 12.3 Å². The van der Waals surface area contributed by atoms with Crippen molar-refractivity contribution in [2.24, 2.45) is 0 Å². The molecule has 0 aliphatic carbocycles. The van der Waals surface area contributed by atoms with Gasteiger partial charge in [0.1, 0.15) is 11.6 Å². The van der Waals surface area contributed by atoms with Gasteiger partial charge >= 0.3 is 0 Å². The Kier molecular flexibility index (Phi) is 4.36. The predicted molar refractivity (Wildman–Crippen MR) is 59.9 cm³/mol. The van der Waals surface area contributed by atoms with Crippen molar-refractivity contribution in [3.63, 3.8) is 0 Å². The van der Waals surface area contributed by atoms with E-state index in [0.717, 1.165) is 12.3 Å². The molecule has 5 nitrogen and oxygen atoms in total. The highest BCUT2D eigenvalue weighted by Gasteiger charge is 2.11. The molecule has 1 amide bonds. The number of hydrogen-bond acceptors (Lipinski definition) is 4. The molecular weight excluding hydrogens is 233 g/mol. The van der Waals surface area contributed by atoms with Gasteiger partial charge in [-0.1, -0.05) is 0 Å². The SMILES string of the molecule is CS(=O)CCNC(=O)c1cc(F)cnc1N. The Balaban J connectivity index is 2.65. The predicted octanol–water partition coefficient (Wildman–Crippen LogP) is -0.0888. The Bertz CT molecular complexity index is 425. The number of anilines is 1. The molecule has 0 saturated heterocycles. The van der Waals surface area contributed by atoms with Crippen LogP contribution < -0.4 is 11.1 Å². The second-order valence-corrected chi connectivity index (χ2v) is 4.67. The van der Waals surface area contributed by atoms with Crippen molar-refractivity contribution in [3.8, 4) is 0 Å². The molecule has 0 spiro atoms. The Morgan fingerprint density at radius 3 is 3.00 bits per heavy atom. The molecule has 88 valence electrons. The number of halogens is 1. The summed E-state index contributed by atoms with van der Waals surface area (Å²) in [5.74, 6) is -0.834. The summed E-state index contributed by atoms with van der Waals surface area (Å²) in [4.78, 5) is 15.0. The number of nitrogens with two attached hydrogens (primary N) is 1. The molecule has 3 N–H and O–H groups in total. The molecule has 1 rings (SSSR count). The minimum absolute atomic E-state index is 0.0121. The van der Waals surface area contributed by atoms with Gasteiger partial charge in [-0.3, -0.25) is 9.00 Å². The van der Waals surface area contributed by atoms with Crippen LogP contribution in [0.2, 0.25) is 0 Å². The molecule has 0 aromatic carbocycles. The van der Waals surface area contributed by atoms with Gasteiger partial charge in [0.25, 0.3) is 5.91 Å². The van der Waals surface area contributed by atoms with Crippen LogP contribution in [-0.2, 0) is 10.8 Å². The average molecular weight is 245 g/mol. The van der Waals surface area contributed by atoms with Gasteiger partial charge in [0.2, 0.25) is 0 Å². The van der Waals surface area contributed by atoms with Crippen molar-refractivity contribution in [3.05, 3.63) is 23.6 Å². The molecule has 0 saturated carbocycles. The molecule has 16 heavy (non-hydrogen) atoms. The van der Waals surface area contributed by atoms with Gasteiger partial charge < -0.3 is 11.1 Å². The van der Waals surface area contributed by atoms with Crippen LogP contribution in [0.3, 0.4) is 0 Å². The van der Waals surface area contributed by atoms with Gasteiger partial charge in [0.15, 0.2) is 0 Å². The lowest BCUT2D eigenvalue weighted by molar-refractivity contribution is 0.0956. The molecule has 0 aliphatic rings. The van der Waals surface area contributed by atoms with E-state index < -0.39 is 22.5 Å². The first-order valence-electron chi connectivity index (χ1n) is 4.50. The van der Waals surface area contributed by atoms with Gasteiger partial charge in [-0.2, -0.15) is 0 Å². The lowest BCUT2D eigenvalue weighted by atomic mass is 10.2. The molecule has 0 radical (unpaired) electrons. The van der Waals surface area contributed by atoms with Crippen molar-refractivity contribution >= 4 is 22.5 Å². The number of nitrogens with zero attached hydrogens (tertiary/aromatic N) is 1. The summed E-state index contributed by atoms with van der Waals surface area (Å²) in [5.41, 5.74) is 5.41. The molecular formula is C9H12FN3O2S. The number of carbonyl (C=O) groups excluding carboxylic acids is 1. The van der Waals surface area contributed by atoms with Crippen molar-refractivity contribution in [1.29, 1.82) is 0 Å². The Hall–Kier alpha value is -1.50. The zero-order chi connectivity index (χ0) is 12.1. The van der Waals surface area contributed by atoms with E-state index in [-0.39, 0.29) is 17.9 Å². The average Bonchev–Trinajstić information content (AvgIpc) is 2.21. The van der Waals surface area contributed by atoms with Crippen LogP contribution >= 0.6 is 0 Å². The summed E-state index contributed by atoms with van der Waals surface area (Å²) >= 11 is 0. The number of aromatic nitrogens is 1. The molecule has 7 heteroatoms. The highest BCUT2D eigenvalue weighted by molar-refractivity contribution is 7.84. The molecule has 1 heterocycles. The minimum atomic E-state index is -0.984. The van der Waals surface area contributed by atoms with Crippen LogP contribution in [0.4, 0.5) is 10.2 Å². The van der Waals surface area contributed by atoms with Gasteiger partial charge in [-0.15, -0.1) is 0 Å². The third-order valence-electron chi connectivity index (χ3n) is 1.80. The Morgan fingerprint density at radius 1 is 1.69 bits per heavy atom. The first kappa shape index (κ1) is 12.6. The summed E-state index contributed by atoms with van der Waals surface area (Å²) in [6.07, 6.45) is 2.47. The first-order valence-corrected chi connectivity index (χ1v) is 6.22. The van der Waals surface area contributed by atoms with Crippen molar-refractivity contribution in [2.75, 3.05) is 24.3 Å². The second-order valence-electron chi connectivity index (χ2n) is 3.12. The zero-order valence-corrected chi connectivity index (χ0v) is 9.51. The smallest absolute Gasteiger partial charge is 0.255 e. The fraction of sp³-hybridized carbons (Fsp3) is 0.333. The summed E-state index contributed by atoms with van der Waals surface area (Å²) in [6, 6.07) is 1.01. The maximum absolute atomic E-state index is 12.8. The minimum Gasteiger partial charge on any atom is -0.383 e. The molecule has 1 aromatic rings. The topological polar surface area (TPSA) is 85.1 Å². The standard InChI is InChI=1S/C9H12FN3O2S/c1-16(15)3-2-12-9(14)7-4-6(10)5-13-8(7)11/h4-5H,2-3H2,1H3,(H2,11,13)(H,12,14). The maximum atomic E-state index is 12.8. The summed E-state index contributed by atoms with van der Waals surface area (Å²) in [5, 5.41) is 2.48. The van der Waals surface area contributed by atoms with Crippen molar-refractivity contribution in [1.82, 2.24) is 10.3 Å². The molecule has 0 fully saturated rings. The molecule has 0 aliphatic heterocycles. The van der Waals surface area contributed by atoms with E-state index in [1.807, 2.05) is 0 Å². The normalized spacial score (nSPS) is 12.1. The van der Waals surface area contributed by atoms with E-state index in [9.17, 15) is 13.4 Å². The quantitative estimate of drug-likeness (QED) is 0.776. The number of pyridine rings is 1. The molecule has 0 bridgehead atoms. The lowest BCUT2D eigenvalue weighted by Gasteiger charge is -2.05. The fourth-order valence-corrected chi connectivity index (χ4v) is 1.42. The summed E-state index contributed by atoms with van der Waals surface area (Å²) in [7, 11) is -0.984. The van der Waals surface area contributed by atoms with E-state index in [2.05, 4.69) is 10.3 Å². The number of rotatable bonds is 4. The Labute approximate surface area is 94.7 Å². The van der Waals surface area contributed by atoms with Crippen molar-refractivity contribution in [2.45, 2.75) is 0 Å². The van der Waals surface area contributed by atoms with E-state index in [1.54, 1.807) is 0 Å². The molecule has 1 unspecified atom stereocenters. The van der Waals surface area contributed by atoms with E-state index >= 15 is 0 Å². The van der Waals surface area contributed by atoms with Gasteiger partial charge in [-0.25, -0.2) is 9.37 Å². The first-order chi connectivity index (χ1) is 7.50. The van der Waals surface area contributed by atoms with Crippen LogP contribution in [-0.4, -0.2) is 33.7 Å². The second kappa shape index (κ2) is 5.55. The largest absolute Gasteiger partial charge is 0.383 e. The van der Waals surface area contributed by atoms with Crippen LogP contribution in [0.1, 0.15) is 10.4 Å². The lowest BCUT2D eigenvalue weighted by Crippen LogP contribution is -2.28. The van der Waals surface area contributed by atoms with Crippen molar-refractivity contribution < 1.29 is 13.4 Å². The van der Waals surface area contributed by atoms with Gasteiger partial charge in [-0.05, 0) is 6.07 Å². The highest BCUT2D eigenvalue weighted by Crippen LogP contribution is 2.09. The summed E-state index contributed by atoms with van der Waals surface area (Å²) < 4.78 is 23.6. The van der Waals surface area contributed by atoms with E-state index in [0.29, 0.717) is 5.75 Å². The van der Waals surface area contributed by atoms with E-state index in [4.69, 9.17) is 5.73 Å². The van der Waals surface area contributed by atoms with Gasteiger partial charge in [0.05, 0.1) is 11.8 Å². The number of amides is 1. The molecule has 1 atom stereocenters. The monoisotopic (exact) mass is 245 g/mol.